The Morgan fingerprint density at radius 3 is 2.42 bits per heavy atom. The van der Waals surface area contributed by atoms with Gasteiger partial charge in [-0.25, -0.2) is 4.39 Å². The Morgan fingerprint density at radius 2 is 1.82 bits per heavy atom. The van der Waals surface area contributed by atoms with E-state index in [9.17, 15) is 39.6 Å². The van der Waals surface area contributed by atoms with Crippen LogP contribution in [-0.2, 0) is 25.6 Å². The van der Waals surface area contributed by atoms with Gasteiger partial charge in [-0.3, -0.25) is 29.0 Å². The number of aromatic hydroxyl groups is 1. The van der Waals surface area contributed by atoms with Gasteiger partial charge in [0.15, 0.2) is 22.9 Å². The highest BCUT2D eigenvalue weighted by Gasteiger charge is 2.64. The number of phenols is 1. The summed E-state index contributed by atoms with van der Waals surface area (Å²) in [6.07, 6.45) is 1.64. The highest BCUT2D eigenvalue weighted by atomic mass is 19.1. The van der Waals surface area contributed by atoms with Gasteiger partial charge in [0.05, 0.1) is 23.8 Å². The normalized spacial score (nSPS) is 28.5. The van der Waals surface area contributed by atoms with E-state index in [2.05, 4.69) is 5.32 Å². The first kappa shape index (κ1) is 27.9. The van der Waals surface area contributed by atoms with E-state index in [1.165, 1.54) is 19.0 Å². The van der Waals surface area contributed by atoms with Gasteiger partial charge in [-0.1, -0.05) is 0 Å². The number of aliphatic hydroxyl groups excluding tert-OH is 2. The number of fused-ring (bicyclic) bond motifs is 3. The molecule has 0 bridgehead atoms. The zero-order valence-electron chi connectivity index (χ0n) is 22.5. The summed E-state index contributed by atoms with van der Waals surface area (Å²) in [5.41, 5.74) is -4.54. The first-order valence-corrected chi connectivity index (χ1v) is 13.2. The zero-order valence-corrected chi connectivity index (χ0v) is 22.5. The van der Waals surface area contributed by atoms with Crippen LogP contribution in [0.25, 0.3) is 5.76 Å². The molecule has 5 rings (SSSR count). The number of rotatable bonds is 5. The summed E-state index contributed by atoms with van der Waals surface area (Å²) in [7, 11) is 3.06. The third-order valence-electron chi connectivity index (χ3n) is 8.61. The van der Waals surface area contributed by atoms with Crippen molar-refractivity contribution in [2.75, 3.05) is 39.0 Å². The number of likely N-dealkylation sites (tertiary alicyclic amines) is 1. The number of amides is 1. The third kappa shape index (κ3) is 4.04. The van der Waals surface area contributed by atoms with E-state index in [0.29, 0.717) is 0 Å². The summed E-state index contributed by atoms with van der Waals surface area (Å²) >= 11 is 0. The Morgan fingerprint density at radius 1 is 1.18 bits per heavy atom. The Labute approximate surface area is 229 Å². The van der Waals surface area contributed by atoms with Crippen LogP contribution in [0, 0.1) is 17.7 Å². The fourth-order valence-electron chi connectivity index (χ4n) is 6.80. The molecule has 4 aliphatic rings. The molecule has 3 aliphatic carbocycles. The van der Waals surface area contributed by atoms with E-state index in [1.807, 2.05) is 4.90 Å². The molecular weight excluding hydrogens is 525 g/mol. The first-order chi connectivity index (χ1) is 18.8. The number of nitrogens with zero attached hydrogens (tertiary/aromatic N) is 2. The average Bonchev–Trinajstić information content (AvgIpc) is 3.37. The lowest BCUT2D eigenvalue weighted by Gasteiger charge is -2.50. The number of carbonyl (C=O) groups is 4. The third-order valence-corrected chi connectivity index (χ3v) is 8.61. The molecule has 1 aliphatic heterocycles. The van der Waals surface area contributed by atoms with E-state index in [4.69, 9.17) is 0 Å². The summed E-state index contributed by atoms with van der Waals surface area (Å²) in [5, 5.41) is 47.4. The Hall–Kier alpha value is -3.61. The van der Waals surface area contributed by atoms with Crippen molar-refractivity contribution in [3.05, 3.63) is 39.9 Å². The van der Waals surface area contributed by atoms with Crippen LogP contribution < -0.4 is 5.32 Å². The van der Waals surface area contributed by atoms with Crippen molar-refractivity contribution < 1.29 is 44.0 Å². The van der Waals surface area contributed by atoms with Gasteiger partial charge < -0.3 is 25.7 Å². The summed E-state index contributed by atoms with van der Waals surface area (Å²) in [4.78, 5) is 55.3. The van der Waals surface area contributed by atoms with E-state index < -0.39 is 81.0 Å². The van der Waals surface area contributed by atoms with Crippen LogP contribution in [-0.4, -0.2) is 98.9 Å². The summed E-state index contributed by atoms with van der Waals surface area (Å²) in [5.74, 6) is -8.63. The number of aliphatic hydroxyl groups is 3. The molecule has 1 aromatic rings. The number of carbonyl (C=O) groups excluding carboxylic acids is 4. The molecule has 40 heavy (non-hydrogen) atoms. The molecule has 12 heteroatoms. The fourth-order valence-corrected chi connectivity index (χ4v) is 6.80. The fraction of sp³-hybridized carbons (Fsp3) is 0.500. The number of likely N-dealkylation sites (N-methyl/N-ethyl adjacent to an activating group) is 1. The van der Waals surface area contributed by atoms with Gasteiger partial charge in [0.1, 0.15) is 22.9 Å². The van der Waals surface area contributed by atoms with Crippen molar-refractivity contribution >= 4 is 34.7 Å². The van der Waals surface area contributed by atoms with Crippen LogP contribution in [0.4, 0.5) is 10.1 Å². The van der Waals surface area contributed by atoms with Crippen LogP contribution in [0.15, 0.2) is 23.0 Å². The van der Waals surface area contributed by atoms with Gasteiger partial charge in [0.2, 0.25) is 11.7 Å². The van der Waals surface area contributed by atoms with Crippen molar-refractivity contribution in [1.29, 1.82) is 0 Å². The monoisotopic (exact) mass is 557 g/mol. The number of Topliss-reactive ketones (excluding diaryl/α,β-unsaturated/α-hetero) is 3. The molecule has 11 nitrogen and oxygen atoms in total. The van der Waals surface area contributed by atoms with Crippen LogP contribution in [0.2, 0.25) is 0 Å². The highest BCUT2D eigenvalue weighted by molar-refractivity contribution is 6.25. The minimum absolute atomic E-state index is 0.0377. The maximum atomic E-state index is 15.4. The Kier molecular flexibility index (Phi) is 6.84. The van der Waals surface area contributed by atoms with Gasteiger partial charge in [0, 0.05) is 23.1 Å². The number of anilines is 1. The molecule has 1 saturated carbocycles. The molecule has 0 radical (unpaired) electrons. The largest absolute Gasteiger partial charge is 0.508 e. The minimum Gasteiger partial charge on any atom is -0.508 e. The minimum atomic E-state index is -2.71. The second-order valence-electron chi connectivity index (χ2n) is 11.3. The number of phenolic OH excluding ortho intramolecular Hbond substituents is 1. The van der Waals surface area contributed by atoms with Crippen molar-refractivity contribution in [2.24, 2.45) is 11.8 Å². The zero-order chi connectivity index (χ0) is 29.3. The summed E-state index contributed by atoms with van der Waals surface area (Å²) in [6, 6.07) is -0.198. The lowest BCUT2D eigenvalue weighted by molar-refractivity contribution is -0.153. The van der Waals surface area contributed by atoms with E-state index in [-0.39, 0.29) is 36.2 Å². The van der Waals surface area contributed by atoms with Crippen LogP contribution in [0.1, 0.15) is 37.3 Å². The van der Waals surface area contributed by atoms with E-state index in [0.717, 1.165) is 38.9 Å². The number of hydrogen-bond donors (Lipinski definition) is 5. The Bertz CT molecular complexity index is 1410. The molecule has 5 N–H and O–H groups in total. The summed E-state index contributed by atoms with van der Waals surface area (Å²) in [6.45, 7) is 2.55. The van der Waals surface area contributed by atoms with Crippen molar-refractivity contribution in [1.82, 2.24) is 9.80 Å². The lowest BCUT2D eigenvalue weighted by atomic mass is 9.57. The number of benzene rings is 1. The number of hydrogen-bond acceptors (Lipinski definition) is 10. The first-order valence-electron chi connectivity index (χ1n) is 13.2. The van der Waals surface area contributed by atoms with Crippen LogP contribution >= 0.6 is 0 Å². The molecule has 0 spiro atoms. The predicted molar refractivity (Wildman–Crippen MR) is 140 cm³/mol. The quantitative estimate of drug-likeness (QED) is 0.262. The topological polar surface area (TPSA) is 168 Å². The number of nitrogens with one attached hydrogen (secondary N) is 1. The van der Waals surface area contributed by atoms with Gasteiger partial charge in [-0.05, 0) is 65.7 Å². The molecule has 1 aromatic carbocycles. The molecule has 2 fully saturated rings. The second kappa shape index (κ2) is 9.79. The van der Waals surface area contributed by atoms with Crippen LogP contribution in [0.5, 0.6) is 5.75 Å². The SMILES string of the molecule is CC(=O)C1=C(O)[C@@]2(O)C(=O)C3=C(O)c4c(O)c(NC(=O)CN5CCCC5)cc(F)c4C[C@H]3C[C@H]2[C@H](N(C)C)C1=O. The molecular formula is C28H32FN3O8. The van der Waals surface area contributed by atoms with Gasteiger partial charge in [-0.15, -0.1) is 0 Å². The van der Waals surface area contributed by atoms with E-state index in [1.54, 1.807) is 0 Å². The highest BCUT2D eigenvalue weighted by Crippen LogP contribution is 2.53. The van der Waals surface area contributed by atoms with Crippen LogP contribution in [0.3, 0.4) is 0 Å². The average molecular weight is 558 g/mol. The second-order valence-corrected chi connectivity index (χ2v) is 11.3. The maximum Gasteiger partial charge on any atom is 0.238 e. The molecule has 0 aromatic heterocycles. The van der Waals surface area contributed by atoms with Gasteiger partial charge in [-0.2, -0.15) is 0 Å². The molecule has 1 saturated heterocycles. The standard InChI is InChI=1S/C28H32FN3O8/c1-12(33)19-25(37)22(31(2)3)15-9-13-8-14-16(29)10-17(30-18(34)11-32-6-4-5-7-32)23(35)21(14)24(36)20(13)27(39)28(15,40)26(19)38/h10,13,15,22,35-36,38,40H,4-9,11H2,1-3H3,(H,30,34)/t13-,15-,22-,28+/m0/s1. The molecule has 1 heterocycles. The van der Waals surface area contributed by atoms with Crippen molar-refractivity contribution in [3.8, 4) is 5.75 Å². The Balaban J connectivity index is 1.60. The van der Waals surface area contributed by atoms with Gasteiger partial charge in [0.25, 0.3) is 0 Å². The molecule has 1 amide bonds. The number of ketones is 3. The van der Waals surface area contributed by atoms with E-state index >= 15 is 4.39 Å². The predicted octanol–water partition coefficient (Wildman–Crippen LogP) is 1.24. The lowest BCUT2D eigenvalue weighted by Crippen LogP contribution is -2.65. The number of halogens is 1. The molecule has 214 valence electrons. The smallest absolute Gasteiger partial charge is 0.238 e. The van der Waals surface area contributed by atoms with Crippen molar-refractivity contribution in [3.63, 3.8) is 0 Å². The van der Waals surface area contributed by atoms with Crippen molar-refractivity contribution in [2.45, 2.75) is 44.2 Å². The summed E-state index contributed by atoms with van der Waals surface area (Å²) < 4.78 is 15.4. The van der Waals surface area contributed by atoms with Gasteiger partial charge >= 0.3 is 0 Å². The maximum absolute atomic E-state index is 15.4. The molecule has 0 unspecified atom stereocenters. The molecule has 4 atom stereocenters.